The molecular weight excluding hydrogens is 302 g/mol. The van der Waals surface area contributed by atoms with Crippen molar-refractivity contribution in [1.82, 2.24) is 4.72 Å². The Kier molecular flexibility index (Phi) is 4.13. The summed E-state index contributed by atoms with van der Waals surface area (Å²) in [6.45, 7) is 0.107. The van der Waals surface area contributed by atoms with Crippen molar-refractivity contribution < 1.29 is 17.3 Å². The molecule has 114 valence electrons. The van der Waals surface area contributed by atoms with Gasteiger partial charge in [0.05, 0.1) is 18.6 Å². The predicted octanol–water partition coefficient (Wildman–Crippen LogP) is 3.16. The van der Waals surface area contributed by atoms with Gasteiger partial charge < -0.3 is 8.83 Å². The molecule has 1 N–H and O–H groups in total. The van der Waals surface area contributed by atoms with Gasteiger partial charge in [0.1, 0.15) is 5.76 Å². The third-order valence-corrected chi connectivity index (χ3v) is 4.39. The van der Waals surface area contributed by atoms with Gasteiger partial charge in [-0.05, 0) is 29.8 Å². The van der Waals surface area contributed by atoms with E-state index >= 15 is 0 Å². The minimum Gasteiger partial charge on any atom is -0.461 e. The monoisotopic (exact) mass is 317 g/mol. The van der Waals surface area contributed by atoms with Crippen LogP contribution in [-0.4, -0.2) is 8.42 Å². The van der Waals surface area contributed by atoms with Gasteiger partial charge in [-0.3, -0.25) is 0 Å². The van der Waals surface area contributed by atoms with Crippen LogP contribution < -0.4 is 4.72 Å². The van der Waals surface area contributed by atoms with Gasteiger partial charge >= 0.3 is 0 Å². The van der Waals surface area contributed by atoms with E-state index in [1.807, 2.05) is 18.2 Å². The lowest BCUT2D eigenvalue weighted by Crippen LogP contribution is -2.24. The quantitative estimate of drug-likeness (QED) is 0.758. The molecule has 0 saturated heterocycles. The first-order chi connectivity index (χ1) is 10.6. The van der Waals surface area contributed by atoms with Crippen molar-refractivity contribution in [3.8, 4) is 11.5 Å². The Labute approximate surface area is 128 Å². The molecule has 6 heteroatoms. The number of hydrogen-bond acceptors (Lipinski definition) is 4. The molecule has 0 amide bonds. The molecule has 0 radical (unpaired) electrons. The average Bonchev–Trinajstić information content (AvgIpc) is 3.17. The summed E-state index contributed by atoms with van der Waals surface area (Å²) in [5.41, 5.74) is 0.741. The molecule has 5 nitrogen and oxygen atoms in total. The van der Waals surface area contributed by atoms with Gasteiger partial charge in [0, 0.05) is 0 Å². The number of nitrogens with one attached hydrogen (secondary N) is 1. The van der Waals surface area contributed by atoms with Crippen molar-refractivity contribution in [2.24, 2.45) is 0 Å². The molecule has 1 aromatic carbocycles. The first-order valence-electron chi connectivity index (χ1n) is 6.76. The Bertz CT molecular complexity index is 820. The highest BCUT2D eigenvalue weighted by atomic mass is 32.2. The second-order valence-electron chi connectivity index (χ2n) is 4.81. The normalized spacial score (nSPS) is 11.6. The van der Waals surface area contributed by atoms with E-state index in [1.165, 1.54) is 0 Å². The lowest BCUT2D eigenvalue weighted by molar-refractivity contribution is 0.485. The summed E-state index contributed by atoms with van der Waals surface area (Å²) in [4.78, 5) is 0. The Balaban J connectivity index is 1.62. The molecular formula is C16H15NO4S. The van der Waals surface area contributed by atoms with E-state index in [1.54, 1.807) is 42.7 Å². The number of benzene rings is 1. The zero-order chi connectivity index (χ0) is 15.4. The average molecular weight is 317 g/mol. The summed E-state index contributed by atoms with van der Waals surface area (Å²) in [5, 5.41) is 0. The zero-order valence-corrected chi connectivity index (χ0v) is 12.5. The molecule has 0 unspecified atom stereocenters. The molecule has 0 saturated carbocycles. The summed E-state index contributed by atoms with van der Waals surface area (Å²) in [6, 6.07) is 16.1. The number of furan rings is 2. The SMILES string of the molecule is O=S(=O)(Cc1ccccc1)NCc1ccc(-c2ccco2)o1. The Hall–Kier alpha value is -2.31. The first kappa shape index (κ1) is 14.6. The summed E-state index contributed by atoms with van der Waals surface area (Å²) >= 11 is 0. The number of rotatable bonds is 6. The molecule has 0 spiro atoms. The highest BCUT2D eigenvalue weighted by Gasteiger charge is 2.13. The van der Waals surface area contributed by atoms with Crippen LogP contribution in [0.3, 0.4) is 0 Å². The second kappa shape index (κ2) is 6.21. The molecule has 0 aliphatic rings. The summed E-state index contributed by atoms with van der Waals surface area (Å²) < 4.78 is 37.4. The second-order valence-corrected chi connectivity index (χ2v) is 6.62. The minimum atomic E-state index is -3.41. The predicted molar refractivity (Wildman–Crippen MR) is 82.3 cm³/mol. The standard InChI is InChI=1S/C16H15NO4S/c18-22(19,12-13-5-2-1-3-6-13)17-11-14-8-9-16(21-14)15-7-4-10-20-15/h1-10,17H,11-12H2. The molecule has 0 bridgehead atoms. The molecule has 0 atom stereocenters. The van der Waals surface area contributed by atoms with Crippen LogP contribution in [0, 0.1) is 0 Å². The molecule has 2 heterocycles. The maximum absolute atomic E-state index is 12.0. The van der Waals surface area contributed by atoms with Crippen molar-refractivity contribution >= 4 is 10.0 Å². The van der Waals surface area contributed by atoms with Crippen LogP contribution in [0.1, 0.15) is 11.3 Å². The molecule has 0 aliphatic carbocycles. The van der Waals surface area contributed by atoms with Gasteiger partial charge in [0.25, 0.3) is 0 Å². The van der Waals surface area contributed by atoms with Crippen molar-refractivity contribution in [2.45, 2.75) is 12.3 Å². The number of sulfonamides is 1. The van der Waals surface area contributed by atoms with Crippen LogP contribution in [0.25, 0.3) is 11.5 Å². The van der Waals surface area contributed by atoms with E-state index in [0.29, 0.717) is 17.3 Å². The minimum absolute atomic E-state index is 0.0560. The van der Waals surface area contributed by atoms with E-state index in [9.17, 15) is 8.42 Å². The van der Waals surface area contributed by atoms with Crippen LogP contribution >= 0.6 is 0 Å². The fourth-order valence-corrected chi connectivity index (χ4v) is 3.15. The van der Waals surface area contributed by atoms with Crippen molar-refractivity contribution in [2.75, 3.05) is 0 Å². The van der Waals surface area contributed by atoms with E-state index < -0.39 is 10.0 Å². The van der Waals surface area contributed by atoms with Crippen molar-refractivity contribution in [1.29, 1.82) is 0 Å². The van der Waals surface area contributed by atoms with Gasteiger partial charge in [-0.2, -0.15) is 0 Å². The summed E-state index contributed by atoms with van der Waals surface area (Å²) in [7, 11) is -3.41. The Morgan fingerprint density at radius 2 is 1.73 bits per heavy atom. The van der Waals surface area contributed by atoms with Gasteiger partial charge in [-0.15, -0.1) is 0 Å². The Morgan fingerprint density at radius 1 is 0.909 bits per heavy atom. The van der Waals surface area contributed by atoms with E-state index in [4.69, 9.17) is 8.83 Å². The number of hydrogen-bond donors (Lipinski definition) is 1. The van der Waals surface area contributed by atoms with E-state index in [2.05, 4.69) is 4.72 Å². The van der Waals surface area contributed by atoms with Gasteiger partial charge in [-0.25, -0.2) is 13.1 Å². The van der Waals surface area contributed by atoms with Crippen LogP contribution in [-0.2, 0) is 22.3 Å². The van der Waals surface area contributed by atoms with Crippen LogP contribution in [0.4, 0.5) is 0 Å². The maximum Gasteiger partial charge on any atom is 0.216 e. The van der Waals surface area contributed by atoms with Crippen molar-refractivity contribution in [3.05, 3.63) is 72.2 Å². The largest absolute Gasteiger partial charge is 0.461 e. The summed E-state index contributed by atoms with van der Waals surface area (Å²) in [6.07, 6.45) is 1.56. The molecule has 0 fully saturated rings. The van der Waals surface area contributed by atoms with Crippen LogP contribution in [0.15, 0.2) is 69.7 Å². The van der Waals surface area contributed by atoms with Gasteiger partial charge in [0.15, 0.2) is 11.5 Å². The highest BCUT2D eigenvalue weighted by Crippen LogP contribution is 2.22. The fourth-order valence-electron chi connectivity index (χ4n) is 2.05. The topological polar surface area (TPSA) is 72.5 Å². The molecule has 0 aliphatic heterocycles. The third-order valence-electron chi connectivity index (χ3n) is 3.09. The van der Waals surface area contributed by atoms with Crippen LogP contribution in [0.2, 0.25) is 0 Å². The smallest absolute Gasteiger partial charge is 0.216 e. The lowest BCUT2D eigenvalue weighted by Gasteiger charge is -2.05. The highest BCUT2D eigenvalue weighted by molar-refractivity contribution is 7.88. The first-order valence-corrected chi connectivity index (χ1v) is 8.41. The van der Waals surface area contributed by atoms with Gasteiger partial charge in [0.2, 0.25) is 10.0 Å². The molecule has 3 aromatic rings. The Morgan fingerprint density at radius 3 is 2.45 bits per heavy atom. The third kappa shape index (κ3) is 3.66. The lowest BCUT2D eigenvalue weighted by atomic mass is 10.2. The molecule has 22 heavy (non-hydrogen) atoms. The zero-order valence-electron chi connectivity index (χ0n) is 11.7. The van der Waals surface area contributed by atoms with Gasteiger partial charge in [-0.1, -0.05) is 30.3 Å². The van der Waals surface area contributed by atoms with E-state index in [-0.39, 0.29) is 12.3 Å². The maximum atomic E-state index is 12.0. The molecule has 2 aromatic heterocycles. The summed E-state index contributed by atoms with van der Waals surface area (Å²) in [5.74, 6) is 1.66. The van der Waals surface area contributed by atoms with Crippen LogP contribution in [0.5, 0.6) is 0 Å². The van der Waals surface area contributed by atoms with E-state index in [0.717, 1.165) is 5.56 Å². The fraction of sp³-hybridized carbons (Fsp3) is 0.125. The van der Waals surface area contributed by atoms with Crippen molar-refractivity contribution in [3.63, 3.8) is 0 Å². The molecule has 3 rings (SSSR count).